The molecular weight excluding hydrogens is 350 g/mol. The van der Waals surface area contributed by atoms with Crippen LogP contribution in [-0.2, 0) is 6.54 Å². The van der Waals surface area contributed by atoms with Gasteiger partial charge in [0.1, 0.15) is 0 Å². The van der Waals surface area contributed by atoms with Gasteiger partial charge >= 0.3 is 0 Å². The molecule has 3 aromatic rings. The first-order valence-electron chi connectivity index (χ1n) is 8.50. The largest absolute Gasteiger partial charge is 0.392 e. The van der Waals surface area contributed by atoms with Crippen molar-refractivity contribution in [3.63, 3.8) is 0 Å². The summed E-state index contributed by atoms with van der Waals surface area (Å²) in [5, 5.41) is 25.0. The number of benzene rings is 1. The number of nitro groups is 1. The molecule has 9 nitrogen and oxygen atoms in total. The number of rotatable bonds is 5. The third kappa shape index (κ3) is 3.69. The highest BCUT2D eigenvalue weighted by atomic mass is 16.6. The van der Waals surface area contributed by atoms with Crippen LogP contribution in [0.3, 0.4) is 0 Å². The van der Waals surface area contributed by atoms with Gasteiger partial charge in [-0.15, -0.1) is 0 Å². The zero-order valence-corrected chi connectivity index (χ0v) is 14.3. The summed E-state index contributed by atoms with van der Waals surface area (Å²) in [6.45, 7) is 1.03. The summed E-state index contributed by atoms with van der Waals surface area (Å²) >= 11 is 0. The van der Waals surface area contributed by atoms with E-state index in [0.29, 0.717) is 31.0 Å². The zero-order valence-electron chi connectivity index (χ0n) is 14.3. The number of likely N-dealkylation sites (tertiary alicyclic amines) is 1. The Kier molecular flexibility index (Phi) is 4.61. The summed E-state index contributed by atoms with van der Waals surface area (Å²) in [7, 11) is 0. The van der Waals surface area contributed by atoms with Crippen LogP contribution in [0.1, 0.15) is 24.0 Å². The number of pyridine rings is 1. The Morgan fingerprint density at radius 1 is 1.30 bits per heavy atom. The molecule has 0 radical (unpaired) electrons. The zero-order chi connectivity index (χ0) is 18.8. The number of hydrogen-bond donors (Lipinski definition) is 1. The maximum atomic E-state index is 11.0. The average molecular weight is 367 g/mol. The van der Waals surface area contributed by atoms with E-state index in [-0.39, 0.29) is 17.6 Å². The number of hydrogen-bond acceptors (Lipinski definition) is 8. The standard InChI is InChI=1S/C18H17N5O4/c24-15-9-16(22(11-15)10-13-5-1-2-7-19-13)18-20-17(21-27-18)12-4-3-6-14(8-12)23(25)26/h1-8,15-16,24H,9-11H2/t15-,16+/m1/s1. The van der Waals surface area contributed by atoms with Crippen LogP contribution in [0.5, 0.6) is 0 Å². The van der Waals surface area contributed by atoms with Gasteiger partial charge in [-0.3, -0.25) is 20.0 Å². The van der Waals surface area contributed by atoms with Gasteiger partial charge in [0.2, 0.25) is 11.7 Å². The summed E-state index contributed by atoms with van der Waals surface area (Å²) in [6.07, 6.45) is 1.71. The molecule has 9 heteroatoms. The molecule has 1 fully saturated rings. The lowest BCUT2D eigenvalue weighted by Gasteiger charge is -2.20. The monoisotopic (exact) mass is 367 g/mol. The minimum absolute atomic E-state index is 0.0353. The number of β-amino-alcohol motifs (C(OH)–C–C–N with tert-alkyl or cyclic N) is 1. The van der Waals surface area contributed by atoms with Crippen LogP contribution in [0.2, 0.25) is 0 Å². The normalized spacial score (nSPS) is 20.0. The van der Waals surface area contributed by atoms with E-state index in [1.807, 2.05) is 23.1 Å². The maximum Gasteiger partial charge on any atom is 0.270 e. The minimum atomic E-state index is -0.494. The fourth-order valence-electron chi connectivity index (χ4n) is 3.26. The van der Waals surface area contributed by atoms with Crippen molar-refractivity contribution in [1.29, 1.82) is 0 Å². The lowest BCUT2D eigenvalue weighted by Crippen LogP contribution is -2.25. The van der Waals surface area contributed by atoms with E-state index in [9.17, 15) is 15.2 Å². The molecular formula is C18H17N5O4. The minimum Gasteiger partial charge on any atom is -0.392 e. The van der Waals surface area contributed by atoms with Crippen molar-refractivity contribution >= 4 is 5.69 Å². The van der Waals surface area contributed by atoms with Crippen molar-refractivity contribution < 1.29 is 14.6 Å². The van der Waals surface area contributed by atoms with Gasteiger partial charge in [-0.1, -0.05) is 23.4 Å². The van der Waals surface area contributed by atoms with Crippen molar-refractivity contribution in [3.8, 4) is 11.4 Å². The molecule has 0 spiro atoms. The van der Waals surface area contributed by atoms with E-state index < -0.39 is 11.0 Å². The van der Waals surface area contributed by atoms with Crippen LogP contribution in [0, 0.1) is 10.1 Å². The first-order valence-corrected chi connectivity index (χ1v) is 8.50. The molecule has 1 aliphatic rings. The lowest BCUT2D eigenvalue weighted by atomic mass is 10.2. The molecule has 0 bridgehead atoms. The summed E-state index contributed by atoms with van der Waals surface area (Å²) in [4.78, 5) is 21.3. The van der Waals surface area contributed by atoms with E-state index in [0.717, 1.165) is 5.69 Å². The third-order valence-corrected chi connectivity index (χ3v) is 4.51. The average Bonchev–Trinajstić information content (AvgIpc) is 3.29. The van der Waals surface area contributed by atoms with Gasteiger partial charge in [0.15, 0.2) is 0 Å². The van der Waals surface area contributed by atoms with Crippen LogP contribution in [-0.4, -0.2) is 42.7 Å². The predicted molar refractivity (Wildman–Crippen MR) is 94.4 cm³/mol. The molecule has 2 atom stereocenters. The fourth-order valence-corrected chi connectivity index (χ4v) is 3.26. The molecule has 0 aliphatic carbocycles. The Hall–Kier alpha value is -3.17. The van der Waals surface area contributed by atoms with Gasteiger partial charge < -0.3 is 9.63 Å². The number of aliphatic hydroxyl groups excluding tert-OH is 1. The Morgan fingerprint density at radius 3 is 2.96 bits per heavy atom. The number of non-ortho nitro benzene ring substituents is 1. The van der Waals surface area contributed by atoms with E-state index >= 15 is 0 Å². The van der Waals surface area contributed by atoms with Crippen LogP contribution in [0.4, 0.5) is 5.69 Å². The van der Waals surface area contributed by atoms with Gasteiger partial charge in [-0.25, -0.2) is 0 Å². The highest BCUT2D eigenvalue weighted by Crippen LogP contribution is 2.33. The molecule has 2 aromatic heterocycles. The van der Waals surface area contributed by atoms with Crippen molar-refractivity contribution in [1.82, 2.24) is 20.0 Å². The number of nitrogens with zero attached hydrogens (tertiary/aromatic N) is 5. The molecule has 4 rings (SSSR count). The molecule has 1 saturated heterocycles. The molecule has 1 aliphatic heterocycles. The Labute approximate surface area is 154 Å². The molecule has 1 N–H and O–H groups in total. The predicted octanol–water partition coefficient (Wildman–Crippen LogP) is 2.35. The van der Waals surface area contributed by atoms with Gasteiger partial charge in [0.25, 0.3) is 5.69 Å². The summed E-state index contributed by atoms with van der Waals surface area (Å²) in [5.41, 5.74) is 1.36. The molecule has 0 unspecified atom stereocenters. The van der Waals surface area contributed by atoms with Crippen molar-refractivity contribution in [2.45, 2.75) is 25.1 Å². The van der Waals surface area contributed by atoms with E-state index in [4.69, 9.17) is 4.52 Å². The summed E-state index contributed by atoms with van der Waals surface area (Å²) < 4.78 is 5.42. The SMILES string of the molecule is O=[N+]([O-])c1cccc(-c2noc([C@@H]3C[C@@H](O)CN3Cc3ccccn3)n2)c1. The molecule has 0 amide bonds. The van der Waals surface area contributed by atoms with Crippen molar-refractivity contribution in [2.24, 2.45) is 0 Å². The molecule has 27 heavy (non-hydrogen) atoms. The van der Waals surface area contributed by atoms with Crippen LogP contribution >= 0.6 is 0 Å². The highest BCUT2D eigenvalue weighted by molar-refractivity contribution is 5.58. The van der Waals surface area contributed by atoms with Crippen molar-refractivity contribution in [2.75, 3.05) is 6.54 Å². The maximum absolute atomic E-state index is 11.0. The Bertz CT molecular complexity index is 946. The van der Waals surface area contributed by atoms with E-state index in [2.05, 4.69) is 15.1 Å². The van der Waals surface area contributed by atoms with Crippen LogP contribution in [0.25, 0.3) is 11.4 Å². The van der Waals surface area contributed by atoms with E-state index in [1.165, 1.54) is 12.1 Å². The molecule has 3 heterocycles. The fraction of sp³-hybridized carbons (Fsp3) is 0.278. The smallest absolute Gasteiger partial charge is 0.270 e. The first kappa shape index (κ1) is 17.3. The highest BCUT2D eigenvalue weighted by Gasteiger charge is 2.36. The van der Waals surface area contributed by atoms with Gasteiger partial charge in [0.05, 0.1) is 22.8 Å². The Balaban J connectivity index is 1.58. The van der Waals surface area contributed by atoms with Crippen molar-refractivity contribution in [3.05, 3.63) is 70.4 Å². The number of aliphatic hydroxyl groups is 1. The summed E-state index contributed by atoms with van der Waals surface area (Å²) in [5.74, 6) is 0.664. The first-order chi connectivity index (χ1) is 13.1. The van der Waals surface area contributed by atoms with Crippen LogP contribution < -0.4 is 0 Å². The van der Waals surface area contributed by atoms with Gasteiger partial charge in [-0.05, 0) is 18.6 Å². The summed E-state index contributed by atoms with van der Waals surface area (Å²) in [6, 6.07) is 11.5. The lowest BCUT2D eigenvalue weighted by molar-refractivity contribution is -0.384. The van der Waals surface area contributed by atoms with Gasteiger partial charge in [-0.2, -0.15) is 4.98 Å². The van der Waals surface area contributed by atoms with Crippen LogP contribution in [0.15, 0.2) is 53.2 Å². The third-order valence-electron chi connectivity index (χ3n) is 4.51. The topological polar surface area (TPSA) is 118 Å². The number of nitro benzene ring substituents is 1. The molecule has 1 aromatic carbocycles. The number of aromatic nitrogens is 3. The Morgan fingerprint density at radius 2 is 2.19 bits per heavy atom. The molecule has 138 valence electrons. The second-order valence-corrected chi connectivity index (χ2v) is 6.42. The quantitative estimate of drug-likeness (QED) is 0.539. The van der Waals surface area contributed by atoms with E-state index in [1.54, 1.807) is 18.3 Å². The van der Waals surface area contributed by atoms with Gasteiger partial charge in [0, 0.05) is 37.0 Å². The second-order valence-electron chi connectivity index (χ2n) is 6.42. The second kappa shape index (κ2) is 7.22. The molecule has 0 saturated carbocycles.